The number of hydrogen-bond acceptors (Lipinski definition) is 6. The Labute approximate surface area is 218 Å². The van der Waals surface area contributed by atoms with Crippen LogP contribution in [0.2, 0.25) is 0 Å². The summed E-state index contributed by atoms with van der Waals surface area (Å²) in [6.07, 6.45) is -0.624. The first-order valence-corrected chi connectivity index (χ1v) is 12.5. The summed E-state index contributed by atoms with van der Waals surface area (Å²) in [7, 11) is 0. The zero-order valence-corrected chi connectivity index (χ0v) is 22.2. The first kappa shape index (κ1) is 26.0. The highest BCUT2D eigenvalue weighted by Crippen LogP contribution is 2.33. The molecule has 1 aromatic heterocycles. The van der Waals surface area contributed by atoms with Crippen LogP contribution >= 0.6 is 0 Å². The van der Waals surface area contributed by atoms with Crippen LogP contribution in [0.25, 0.3) is 0 Å². The van der Waals surface area contributed by atoms with Crippen LogP contribution in [0.1, 0.15) is 67.7 Å². The molecule has 1 aliphatic heterocycles. The minimum atomic E-state index is -0.652. The van der Waals surface area contributed by atoms with Crippen LogP contribution in [0.3, 0.4) is 0 Å². The van der Waals surface area contributed by atoms with Crippen molar-refractivity contribution in [3.8, 4) is 11.5 Å². The number of nitrogens with zero attached hydrogens (tertiary/aromatic N) is 2. The number of aryl methyl sites for hydroxylation is 1. The summed E-state index contributed by atoms with van der Waals surface area (Å²) in [5.41, 5.74) is 2.89. The van der Waals surface area contributed by atoms with Gasteiger partial charge in [-0.3, -0.25) is 10.1 Å². The van der Waals surface area contributed by atoms with Crippen LogP contribution in [0, 0.1) is 6.92 Å². The number of pyridine rings is 1. The zero-order valence-electron chi connectivity index (χ0n) is 22.2. The third kappa shape index (κ3) is 6.39. The van der Waals surface area contributed by atoms with Gasteiger partial charge in [0.2, 0.25) is 0 Å². The molecule has 2 aromatic carbocycles. The number of hydrogen-bond donors (Lipinski definition) is 2. The third-order valence-corrected chi connectivity index (χ3v) is 5.99. The predicted molar refractivity (Wildman–Crippen MR) is 144 cm³/mol. The van der Waals surface area contributed by atoms with E-state index in [1.54, 1.807) is 31.7 Å². The number of rotatable bonds is 7. The van der Waals surface area contributed by atoms with Crippen LogP contribution in [0.4, 0.5) is 16.4 Å². The number of benzene rings is 2. The average Bonchev–Trinajstić information content (AvgIpc) is 3.15. The molecule has 0 saturated heterocycles. The van der Waals surface area contributed by atoms with E-state index in [1.807, 2.05) is 69.3 Å². The smallest absolute Gasteiger partial charge is 0.413 e. The minimum Gasteiger partial charge on any atom is -0.457 e. The van der Waals surface area contributed by atoms with Gasteiger partial charge in [-0.2, -0.15) is 0 Å². The van der Waals surface area contributed by atoms with Crippen molar-refractivity contribution >= 4 is 23.6 Å². The Bertz CT molecular complexity index is 1280. The van der Waals surface area contributed by atoms with Gasteiger partial charge in [0.05, 0.1) is 12.1 Å². The summed E-state index contributed by atoms with van der Waals surface area (Å²) in [5.74, 6) is 2.26. The van der Waals surface area contributed by atoms with E-state index in [4.69, 9.17) is 9.47 Å². The Hall–Kier alpha value is -4.07. The minimum absolute atomic E-state index is 0.0829. The van der Waals surface area contributed by atoms with E-state index in [2.05, 4.69) is 15.6 Å². The lowest BCUT2D eigenvalue weighted by Crippen LogP contribution is -2.27. The molecule has 2 heterocycles. The summed E-state index contributed by atoms with van der Waals surface area (Å²) in [6, 6.07) is 17.2. The molecule has 3 aromatic rings. The first-order valence-electron chi connectivity index (χ1n) is 12.5. The fourth-order valence-corrected chi connectivity index (χ4v) is 4.06. The Balaban J connectivity index is 1.54. The van der Waals surface area contributed by atoms with E-state index in [-0.39, 0.29) is 17.8 Å². The molecule has 8 nitrogen and oxygen atoms in total. The van der Waals surface area contributed by atoms with Gasteiger partial charge in [-0.25, -0.2) is 9.78 Å². The molecular formula is C29H34N4O4. The van der Waals surface area contributed by atoms with Crippen LogP contribution in [-0.4, -0.2) is 34.0 Å². The van der Waals surface area contributed by atoms with E-state index in [0.29, 0.717) is 24.5 Å². The van der Waals surface area contributed by atoms with Gasteiger partial charge >= 0.3 is 6.09 Å². The SMILES string of the molecule is CCN1Cc2c(cc(NC(=O)OC(C)(C)C)nc2NC(C)c2ccc(Oc3ccc(C)cc3)cc2)C1=O. The first-order chi connectivity index (χ1) is 17.5. The van der Waals surface area contributed by atoms with Gasteiger partial charge in [-0.15, -0.1) is 0 Å². The Morgan fingerprint density at radius 2 is 1.70 bits per heavy atom. The topological polar surface area (TPSA) is 92.8 Å². The van der Waals surface area contributed by atoms with Crippen LogP contribution in [0.5, 0.6) is 11.5 Å². The van der Waals surface area contributed by atoms with Gasteiger partial charge < -0.3 is 19.7 Å². The fourth-order valence-electron chi connectivity index (χ4n) is 4.06. The molecular weight excluding hydrogens is 468 g/mol. The second kappa shape index (κ2) is 10.5. The monoisotopic (exact) mass is 502 g/mol. The van der Waals surface area contributed by atoms with Crippen molar-refractivity contribution < 1.29 is 19.1 Å². The highest BCUT2D eigenvalue weighted by Gasteiger charge is 2.31. The lowest BCUT2D eigenvalue weighted by molar-refractivity contribution is 0.0634. The number of aromatic nitrogens is 1. The van der Waals surface area contributed by atoms with Crippen LogP contribution in [0.15, 0.2) is 54.6 Å². The highest BCUT2D eigenvalue weighted by molar-refractivity contribution is 6.01. The van der Waals surface area contributed by atoms with E-state index in [0.717, 1.165) is 22.6 Å². The molecule has 0 saturated carbocycles. The van der Waals surface area contributed by atoms with Crippen molar-refractivity contribution in [1.82, 2.24) is 9.88 Å². The maximum Gasteiger partial charge on any atom is 0.413 e. The Kier molecular flexibility index (Phi) is 7.38. The van der Waals surface area contributed by atoms with Gasteiger partial charge in [0.25, 0.3) is 5.91 Å². The maximum atomic E-state index is 12.9. The van der Waals surface area contributed by atoms with Crippen molar-refractivity contribution in [2.45, 2.75) is 59.7 Å². The summed E-state index contributed by atoms with van der Waals surface area (Å²) >= 11 is 0. The standard InChI is InChI=1S/C29H34N4O4/c1-7-33-17-24-23(27(33)34)16-25(32-28(35)37-29(4,5)6)31-26(24)30-19(3)20-10-14-22(15-11-20)36-21-12-8-18(2)9-13-21/h8-16,19H,7,17H2,1-6H3,(H2,30,31,32,35). The molecule has 0 aliphatic carbocycles. The normalized spacial score (nSPS) is 13.7. The molecule has 0 radical (unpaired) electrons. The Morgan fingerprint density at radius 1 is 1.08 bits per heavy atom. The average molecular weight is 503 g/mol. The summed E-state index contributed by atoms with van der Waals surface area (Å²) in [5, 5.41) is 6.11. The molecule has 8 heteroatoms. The number of anilines is 2. The van der Waals surface area contributed by atoms with Crippen molar-refractivity contribution in [3.63, 3.8) is 0 Å². The zero-order chi connectivity index (χ0) is 26.7. The predicted octanol–water partition coefficient (Wildman–Crippen LogP) is 6.68. The molecule has 1 aliphatic rings. The van der Waals surface area contributed by atoms with E-state index >= 15 is 0 Å². The van der Waals surface area contributed by atoms with Crippen molar-refractivity contribution in [3.05, 3.63) is 76.9 Å². The number of carbonyl (C=O) groups excluding carboxylic acids is 2. The fraction of sp³-hybridized carbons (Fsp3) is 0.345. The molecule has 2 N–H and O–H groups in total. The van der Waals surface area contributed by atoms with E-state index < -0.39 is 11.7 Å². The number of carbonyl (C=O) groups is 2. The van der Waals surface area contributed by atoms with Gasteiger partial charge in [-0.1, -0.05) is 29.8 Å². The molecule has 37 heavy (non-hydrogen) atoms. The van der Waals surface area contributed by atoms with E-state index in [1.165, 1.54) is 5.56 Å². The molecule has 4 rings (SSSR count). The van der Waals surface area contributed by atoms with Crippen LogP contribution < -0.4 is 15.4 Å². The highest BCUT2D eigenvalue weighted by atomic mass is 16.6. The largest absolute Gasteiger partial charge is 0.457 e. The molecule has 0 spiro atoms. The molecule has 0 fully saturated rings. The molecule has 2 amide bonds. The lowest BCUT2D eigenvalue weighted by atomic mass is 10.1. The van der Waals surface area contributed by atoms with Gasteiger partial charge in [0.1, 0.15) is 28.7 Å². The van der Waals surface area contributed by atoms with Crippen LogP contribution in [-0.2, 0) is 11.3 Å². The third-order valence-electron chi connectivity index (χ3n) is 5.99. The van der Waals surface area contributed by atoms with E-state index in [9.17, 15) is 9.59 Å². The van der Waals surface area contributed by atoms with Gasteiger partial charge in [-0.05, 0) is 77.4 Å². The van der Waals surface area contributed by atoms with Gasteiger partial charge in [0.15, 0.2) is 0 Å². The second-order valence-electron chi connectivity index (χ2n) is 10.2. The van der Waals surface area contributed by atoms with Crippen molar-refractivity contribution in [2.75, 3.05) is 17.2 Å². The quantitative estimate of drug-likeness (QED) is 0.374. The molecule has 0 bridgehead atoms. The summed E-state index contributed by atoms with van der Waals surface area (Å²) in [6.45, 7) is 12.4. The lowest BCUT2D eigenvalue weighted by Gasteiger charge is -2.21. The summed E-state index contributed by atoms with van der Waals surface area (Å²) < 4.78 is 11.3. The Morgan fingerprint density at radius 3 is 2.30 bits per heavy atom. The number of nitrogens with one attached hydrogen (secondary N) is 2. The number of ether oxygens (including phenoxy) is 2. The van der Waals surface area contributed by atoms with Crippen molar-refractivity contribution in [1.29, 1.82) is 0 Å². The summed E-state index contributed by atoms with van der Waals surface area (Å²) in [4.78, 5) is 31.7. The molecule has 194 valence electrons. The number of amides is 2. The second-order valence-corrected chi connectivity index (χ2v) is 10.2. The molecule has 1 atom stereocenters. The number of fused-ring (bicyclic) bond motifs is 1. The van der Waals surface area contributed by atoms with Gasteiger partial charge in [0, 0.05) is 18.2 Å². The molecule has 1 unspecified atom stereocenters. The van der Waals surface area contributed by atoms with Crippen molar-refractivity contribution in [2.24, 2.45) is 0 Å². The maximum absolute atomic E-state index is 12.9.